The van der Waals surface area contributed by atoms with Crippen molar-refractivity contribution in [3.05, 3.63) is 23.2 Å². The van der Waals surface area contributed by atoms with Crippen LogP contribution in [0, 0.1) is 5.92 Å². The highest BCUT2D eigenvalue weighted by molar-refractivity contribution is 5.92. The van der Waals surface area contributed by atoms with Crippen LogP contribution in [-0.4, -0.2) is 23.0 Å². The largest absolute Gasteiger partial charge is 0.481 e. The minimum atomic E-state index is -0.824. The van der Waals surface area contributed by atoms with Crippen LogP contribution < -0.4 is 5.32 Å². The van der Waals surface area contributed by atoms with Gasteiger partial charge in [-0.25, -0.2) is 0 Å². The summed E-state index contributed by atoms with van der Waals surface area (Å²) >= 11 is 0. The molecular formula is C17H25NO4. The zero-order valence-corrected chi connectivity index (χ0v) is 13.4. The molecule has 5 nitrogen and oxygen atoms in total. The summed E-state index contributed by atoms with van der Waals surface area (Å²) in [6.07, 6.45) is 5.79. The summed E-state index contributed by atoms with van der Waals surface area (Å²) in [5, 5.41) is 12.2. The first kappa shape index (κ1) is 16.6. The van der Waals surface area contributed by atoms with Crippen molar-refractivity contribution in [1.82, 2.24) is 5.32 Å². The van der Waals surface area contributed by atoms with Gasteiger partial charge in [-0.05, 0) is 30.9 Å². The normalized spacial score (nSPS) is 22.1. The van der Waals surface area contributed by atoms with Gasteiger partial charge in [0.15, 0.2) is 5.76 Å². The number of amides is 1. The molecule has 122 valence electrons. The van der Waals surface area contributed by atoms with Gasteiger partial charge in [0.05, 0.1) is 5.92 Å². The lowest BCUT2D eigenvalue weighted by molar-refractivity contribution is -0.142. The minimum absolute atomic E-state index is 0.294. The molecule has 0 saturated heterocycles. The number of aryl methyl sites for hydroxylation is 2. The fourth-order valence-corrected chi connectivity index (χ4v) is 3.19. The number of nitrogens with one attached hydrogen (secondary N) is 1. The molecule has 0 aromatic carbocycles. The monoisotopic (exact) mass is 307 g/mol. The average Bonchev–Trinajstić information content (AvgIpc) is 2.79. The second kappa shape index (κ2) is 7.47. The van der Waals surface area contributed by atoms with Crippen LogP contribution in [0.1, 0.15) is 67.8 Å². The molecular weight excluding hydrogens is 282 g/mol. The average molecular weight is 307 g/mol. The summed E-state index contributed by atoms with van der Waals surface area (Å²) < 4.78 is 5.63. The Bertz CT molecular complexity index is 513. The molecule has 1 aliphatic rings. The first-order chi connectivity index (χ1) is 10.6. The first-order valence-corrected chi connectivity index (χ1v) is 8.22. The van der Waals surface area contributed by atoms with E-state index in [0.717, 1.165) is 43.4 Å². The van der Waals surface area contributed by atoms with Crippen molar-refractivity contribution >= 4 is 11.9 Å². The molecule has 0 aliphatic heterocycles. The van der Waals surface area contributed by atoms with Crippen molar-refractivity contribution in [3.8, 4) is 0 Å². The Labute approximate surface area is 131 Å². The third-order valence-corrected chi connectivity index (χ3v) is 4.47. The van der Waals surface area contributed by atoms with E-state index in [2.05, 4.69) is 5.32 Å². The minimum Gasteiger partial charge on any atom is -0.481 e. The Morgan fingerprint density at radius 1 is 1.23 bits per heavy atom. The molecule has 0 radical (unpaired) electrons. The van der Waals surface area contributed by atoms with Gasteiger partial charge in [0.1, 0.15) is 5.76 Å². The van der Waals surface area contributed by atoms with Gasteiger partial charge in [0, 0.05) is 12.5 Å². The SMILES string of the molecule is CCc1cc(C(=O)N[C@H]2CCCCC[C@H]2C(=O)O)oc1CC. The van der Waals surface area contributed by atoms with Crippen LogP contribution in [0.15, 0.2) is 10.5 Å². The highest BCUT2D eigenvalue weighted by atomic mass is 16.4. The number of hydrogen-bond donors (Lipinski definition) is 2. The molecule has 0 unspecified atom stereocenters. The van der Waals surface area contributed by atoms with Crippen LogP contribution in [0.5, 0.6) is 0 Å². The van der Waals surface area contributed by atoms with Crippen molar-refractivity contribution < 1.29 is 19.1 Å². The molecule has 1 heterocycles. The second-order valence-corrected chi connectivity index (χ2v) is 5.93. The Kier molecular flexibility index (Phi) is 5.63. The van der Waals surface area contributed by atoms with Gasteiger partial charge in [0.2, 0.25) is 0 Å². The van der Waals surface area contributed by atoms with Crippen LogP contribution in [0.3, 0.4) is 0 Å². The second-order valence-electron chi connectivity index (χ2n) is 5.93. The quantitative estimate of drug-likeness (QED) is 0.819. The summed E-state index contributed by atoms with van der Waals surface area (Å²) in [7, 11) is 0. The number of carboxylic acids is 1. The molecule has 1 aromatic rings. The van der Waals surface area contributed by atoms with Crippen LogP contribution in [0.25, 0.3) is 0 Å². The standard InChI is InChI=1S/C17H25NO4/c1-3-11-10-15(22-14(11)4-2)16(19)18-13-9-7-5-6-8-12(13)17(20)21/h10,12-13H,3-9H2,1-2H3,(H,18,19)(H,20,21)/t12-,13+/m1/s1. The van der Waals surface area contributed by atoms with E-state index in [1.54, 1.807) is 6.07 Å². The van der Waals surface area contributed by atoms with E-state index in [1.165, 1.54) is 0 Å². The van der Waals surface area contributed by atoms with Gasteiger partial charge < -0.3 is 14.8 Å². The molecule has 1 aliphatic carbocycles. The topological polar surface area (TPSA) is 79.5 Å². The van der Waals surface area contributed by atoms with Crippen molar-refractivity contribution in [3.63, 3.8) is 0 Å². The maximum atomic E-state index is 12.4. The zero-order valence-electron chi connectivity index (χ0n) is 13.4. The number of rotatable bonds is 5. The Balaban J connectivity index is 2.12. The lowest BCUT2D eigenvalue weighted by Crippen LogP contribution is -2.42. The van der Waals surface area contributed by atoms with Crippen molar-refractivity contribution in [1.29, 1.82) is 0 Å². The van der Waals surface area contributed by atoms with E-state index < -0.39 is 11.9 Å². The number of carbonyl (C=O) groups is 2. The molecule has 2 atom stereocenters. The van der Waals surface area contributed by atoms with Gasteiger partial charge in [-0.2, -0.15) is 0 Å². The molecule has 22 heavy (non-hydrogen) atoms. The van der Waals surface area contributed by atoms with E-state index in [4.69, 9.17) is 4.42 Å². The van der Waals surface area contributed by atoms with Crippen molar-refractivity contribution in [2.45, 2.75) is 64.8 Å². The fraction of sp³-hybridized carbons (Fsp3) is 0.647. The number of carboxylic acid groups (broad SMARTS) is 1. The number of furan rings is 1. The Morgan fingerprint density at radius 3 is 2.55 bits per heavy atom. The van der Waals surface area contributed by atoms with Gasteiger partial charge >= 0.3 is 5.97 Å². The maximum absolute atomic E-state index is 12.4. The first-order valence-electron chi connectivity index (χ1n) is 8.22. The summed E-state index contributed by atoms with van der Waals surface area (Å²) in [5.41, 5.74) is 1.04. The summed E-state index contributed by atoms with van der Waals surface area (Å²) in [6, 6.07) is 1.47. The smallest absolute Gasteiger partial charge is 0.308 e. The van der Waals surface area contributed by atoms with Crippen LogP contribution in [0.2, 0.25) is 0 Å². The fourth-order valence-electron chi connectivity index (χ4n) is 3.19. The molecule has 1 saturated carbocycles. The van der Waals surface area contributed by atoms with Gasteiger partial charge in [-0.15, -0.1) is 0 Å². The molecule has 0 spiro atoms. The summed E-state index contributed by atoms with van der Waals surface area (Å²) in [4.78, 5) is 23.8. The highest BCUT2D eigenvalue weighted by Gasteiger charge is 2.31. The molecule has 1 aromatic heterocycles. The zero-order chi connectivity index (χ0) is 16.1. The predicted molar refractivity (Wildman–Crippen MR) is 82.9 cm³/mol. The van der Waals surface area contributed by atoms with Crippen molar-refractivity contribution in [2.24, 2.45) is 5.92 Å². The van der Waals surface area contributed by atoms with E-state index in [-0.39, 0.29) is 11.9 Å². The molecule has 2 rings (SSSR count). The van der Waals surface area contributed by atoms with Crippen LogP contribution >= 0.6 is 0 Å². The van der Waals surface area contributed by atoms with E-state index in [0.29, 0.717) is 18.6 Å². The van der Waals surface area contributed by atoms with Crippen molar-refractivity contribution in [2.75, 3.05) is 0 Å². The highest BCUT2D eigenvalue weighted by Crippen LogP contribution is 2.25. The number of aliphatic carboxylic acids is 1. The van der Waals surface area contributed by atoms with Crippen LogP contribution in [-0.2, 0) is 17.6 Å². The van der Waals surface area contributed by atoms with E-state index >= 15 is 0 Å². The van der Waals surface area contributed by atoms with E-state index in [9.17, 15) is 14.7 Å². The lowest BCUT2D eigenvalue weighted by atomic mass is 9.95. The molecule has 2 N–H and O–H groups in total. The maximum Gasteiger partial charge on any atom is 0.308 e. The van der Waals surface area contributed by atoms with E-state index in [1.807, 2.05) is 13.8 Å². The van der Waals surface area contributed by atoms with Gasteiger partial charge in [0.25, 0.3) is 5.91 Å². The number of hydrogen-bond acceptors (Lipinski definition) is 3. The Hall–Kier alpha value is -1.78. The lowest BCUT2D eigenvalue weighted by Gasteiger charge is -2.22. The number of carbonyl (C=O) groups excluding carboxylic acids is 1. The third-order valence-electron chi connectivity index (χ3n) is 4.47. The summed E-state index contributed by atoms with van der Waals surface area (Å²) in [5.74, 6) is -0.495. The van der Waals surface area contributed by atoms with Crippen LogP contribution in [0.4, 0.5) is 0 Å². The summed E-state index contributed by atoms with van der Waals surface area (Å²) in [6.45, 7) is 4.02. The molecule has 1 amide bonds. The molecule has 0 bridgehead atoms. The molecule has 1 fully saturated rings. The molecule has 5 heteroatoms. The van der Waals surface area contributed by atoms with Gasteiger partial charge in [-0.1, -0.05) is 33.1 Å². The Morgan fingerprint density at radius 2 is 1.95 bits per heavy atom. The predicted octanol–water partition coefficient (Wildman–Crippen LogP) is 3.17. The van der Waals surface area contributed by atoms with Gasteiger partial charge in [-0.3, -0.25) is 9.59 Å². The third kappa shape index (κ3) is 3.70.